The van der Waals surface area contributed by atoms with Crippen LogP contribution in [0.4, 0.5) is 0 Å². The molecule has 0 aromatic heterocycles. The van der Waals surface area contributed by atoms with Crippen molar-refractivity contribution in [2.45, 2.75) is 26.7 Å². The van der Waals surface area contributed by atoms with Crippen LogP contribution in [0.2, 0.25) is 0 Å². The molecule has 1 aromatic carbocycles. The summed E-state index contributed by atoms with van der Waals surface area (Å²) in [5.74, 6) is 0. The Morgan fingerprint density at radius 3 is 1.25 bits per heavy atom. The normalized spacial score (nSPS) is 8.17. The predicted molar refractivity (Wildman–Crippen MR) is 57.5 cm³/mol. The van der Waals surface area contributed by atoms with Crippen LogP contribution >= 0.6 is 12.4 Å². The molecule has 3 N–H and O–H groups in total. The summed E-state index contributed by atoms with van der Waals surface area (Å²) in [5.41, 5.74) is 2.86. The highest BCUT2D eigenvalue weighted by Gasteiger charge is 1.88. The summed E-state index contributed by atoms with van der Waals surface area (Å²) < 4.78 is 0. The van der Waals surface area contributed by atoms with Crippen LogP contribution < -0.4 is 6.15 Å². The lowest BCUT2D eigenvalue weighted by molar-refractivity contribution is 1.10. The van der Waals surface area contributed by atoms with Crippen LogP contribution in [0.1, 0.15) is 25.0 Å². The fraction of sp³-hybridized carbons (Fsp3) is 0.400. The standard InChI is InChI=1S/C10H14.ClH.H3N/c1-3-9-5-7-10(4-2)8-6-9;;/h5-8H,3-4H2,1-2H3;1H;1H3. The van der Waals surface area contributed by atoms with E-state index in [1.807, 2.05) is 0 Å². The van der Waals surface area contributed by atoms with E-state index >= 15 is 0 Å². The lowest BCUT2D eigenvalue weighted by Crippen LogP contribution is -1.81. The number of halogens is 1. The van der Waals surface area contributed by atoms with E-state index in [1.165, 1.54) is 11.1 Å². The SMILES string of the molecule is CCc1ccc(CC)cc1.Cl.N. The second kappa shape index (κ2) is 7.14. The third-order valence-electron chi connectivity index (χ3n) is 1.84. The molecule has 12 heavy (non-hydrogen) atoms. The van der Waals surface area contributed by atoms with Crippen molar-refractivity contribution in [2.24, 2.45) is 0 Å². The largest absolute Gasteiger partial charge is 0.344 e. The molecule has 0 fully saturated rings. The van der Waals surface area contributed by atoms with E-state index in [-0.39, 0.29) is 18.6 Å². The van der Waals surface area contributed by atoms with Gasteiger partial charge < -0.3 is 6.15 Å². The number of hydrogen-bond acceptors (Lipinski definition) is 1. The first-order chi connectivity index (χ1) is 4.86. The molecule has 0 atom stereocenters. The van der Waals surface area contributed by atoms with Crippen molar-refractivity contribution >= 4 is 12.4 Å². The van der Waals surface area contributed by atoms with Crippen LogP contribution in [-0.4, -0.2) is 0 Å². The number of hydrogen-bond donors (Lipinski definition) is 1. The van der Waals surface area contributed by atoms with Crippen LogP contribution in [0.3, 0.4) is 0 Å². The number of rotatable bonds is 2. The Hall–Kier alpha value is -0.530. The summed E-state index contributed by atoms with van der Waals surface area (Å²) >= 11 is 0. The maximum absolute atomic E-state index is 2.21. The van der Waals surface area contributed by atoms with Crippen LogP contribution in [0.15, 0.2) is 24.3 Å². The third-order valence-corrected chi connectivity index (χ3v) is 1.84. The van der Waals surface area contributed by atoms with Gasteiger partial charge in [-0.25, -0.2) is 0 Å². The second-order valence-corrected chi connectivity index (χ2v) is 2.52. The molecule has 0 aliphatic rings. The van der Waals surface area contributed by atoms with Gasteiger partial charge in [-0.15, -0.1) is 12.4 Å². The van der Waals surface area contributed by atoms with Crippen molar-refractivity contribution in [2.75, 3.05) is 0 Å². The highest BCUT2D eigenvalue weighted by atomic mass is 35.5. The minimum atomic E-state index is 0. The molecule has 0 heterocycles. The highest BCUT2D eigenvalue weighted by Crippen LogP contribution is 2.04. The van der Waals surface area contributed by atoms with E-state index in [9.17, 15) is 0 Å². The van der Waals surface area contributed by atoms with Gasteiger partial charge in [-0.3, -0.25) is 0 Å². The lowest BCUT2D eigenvalue weighted by Gasteiger charge is -1.97. The molecular formula is C10H18ClN. The number of benzene rings is 1. The zero-order chi connectivity index (χ0) is 7.40. The molecule has 0 radical (unpaired) electrons. The van der Waals surface area contributed by atoms with E-state index in [4.69, 9.17) is 0 Å². The van der Waals surface area contributed by atoms with Crippen LogP contribution in [0, 0.1) is 0 Å². The Morgan fingerprint density at radius 1 is 0.833 bits per heavy atom. The molecule has 0 bridgehead atoms. The average molecular weight is 188 g/mol. The Balaban J connectivity index is 0. The van der Waals surface area contributed by atoms with Gasteiger partial charge in [0, 0.05) is 0 Å². The summed E-state index contributed by atoms with van der Waals surface area (Å²) in [6, 6.07) is 8.83. The summed E-state index contributed by atoms with van der Waals surface area (Å²) in [6.45, 7) is 4.36. The average Bonchev–Trinajstić information content (AvgIpc) is 2.05. The smallest absolute Gasteiger partial charge is 0.0307 e. The summed E-state index contributed by atoms with van der Waals surface area (Å²) in [6.07, 6.45) is 2.29. The van der Waals surface area contributed by atoms with E-state index in [1.54, 1.807) is 0 Å². The van der Waals surface area contributed by atoms with E-state index in [2.05, 4.69) is 38.1 Å². The monoisotopic (exact) mass is 187 g/mol. The van der Waals surface area contributed by atoms with Gasteiger partial charge in [0.05, 0.1) is 0 Å². The first-order valence-electron chi connectivity index (χ1n) is 3.94. The first kappa shape index (κ1) is 14.0. The second-order valence-electron chi connectivity index (χ2n) is 2.52. The molecule has 1 nitrogen and oxygen atoms in total. The van der Waals surface area contributed by atoms with Gasteiger partial charge in [-0.1, -0.05) is 38.1 Å². The van der Waals surface area contributed by atoms with Gasteiger partial charge in [0.15, 0.2) is 0 Å². The third kappa shape index (κ3) is 3.74. The van der Waals surface area contributed by atoms with Crippen LogP contribution in [0.5, 0.6) is 0 Å². The fourth-order valence-electron chi connectivity index (χ4n) is 1.01. The molecule has 1 aromatic rings. The Bertz CT molecular complexity index is 170. The van der Waals surface area contributed by atoms with Gasteiger partial charge in [0.2, 0.25) is 0 Å². The topological polar surface area (TPSA) is 35.0 Å². The van der Waals surface area contributed by atoms with Gasteiger partial charge in [-0.2, -0.15) is 0 Å². The van der Waals surface area contributed by atoms with Gasteiger partial charge in [0.25, 0.3) is 0 Å². The van der Waals surface area contributed by atoms with Crippen LogP contribution in [-0.2, 0) is 12.8 Å². The molecule has 0 aliphatic heterocycles. The van der Waals surface area contributed by atoms with E-state index in [0.29, 0.717) is 0 Å². The Labute approximate surface area is 81.2 Å². The van der Waals surface area contributed by atoms with Crippen molar-refractivity contribution in [1.29, 1.82) is 0 Å². The van der Waals surface area contributed by atoms with Gasteiger partial charge >= 0.3 is 0 Å². The molecule has 0 spiro atoms. The Morgan fingerprint density at radius 2 is 1.08 bits per heavy atom. The zero-order valence-corrected chi connectivity index (χ0v) is 8.66. The van der Waals surface area contributed by atoms with Crippen LogP contribution in [0.25, 0.3) is 0 Å². The van der Waals surface area contributed by atoms with Crippen molar-refractivity contribution in [3.05, 3.63) is 35.4 Å². The molecule has 1 rings (SSSR count). The summed E-state index contributed by atoms with van der Waals surface area (Å²) in [7, 11) is 0. The van der Waals surface area contributed by atoms with Crippen molar-refractivity contribution < 1.29 is 0 Å². The summed E-state index contributed by atoms with van der Waals surface area (Å²) in [4.78, 5) is 0. The van der Waals surface area contributed by atoms with Crippen molar-refractivity contribution in [3.63, 3.8) is 0 Å². The lowest BCUT2D eigenvalue weighted by atomic mass is 10.1. The molecule has 2 heteroatoms. The molecule has 0 saturated heterocycles. The Kier molecular flexibility index (Phi) is 8.34. The highest BCUT2D eigenvalue weighted by molar-refractivity contribution is 5.85. The minimum absolute atomic E-state index is 0. The first-order valence-corrected chi connectivity index (χ1v) is 3.94. The molecule has 0 aliphatic carbocycles. The zero-order valence-electron chi connectivity index (χ0n) is 7.84. The van der Waals surface area contributed by atoms with E-state index in [0.717, 1.165) is 12.8 Å². The quantitative estimate of drug-likeness (QED) is 0.757. The van der Waals surface area contributed by atoms with Crippen molar-refractivity contribution in [1.82, 2.24) is 6.15 Å². The van der Waals surface area contributed by atoms with Crippen molar-refractivity contribution in [3.8, 4) is 0 Å². The molecule has 0 saturated carbocycles. The predicted octanol–water partition coefficient (Wildman–Crippen LogP) is 3.40. The number of aryl methyl sites for hydroxylation is 2. The molecule has 0 amide bonds. The summed E-state index contributed by atoms with van der Waals surface area (Å²) in [5, 5.41) is 0. The molecular weight excluding hydrogens is 170 g/mol. The van der Waals surface area contributed by atoms with E-state index < -0.39 is 0 Å². The maximum Gasteiger partial charge on any atom is -0.0307 e. The fourth-order valence-corrected chi connectivity index (χ4v) is 1.01. The minimum Gasteiger partial charge on any atom is -0.344 e. The molecule has 0 unspecified atom stereocenters. The molecule has 70 valence electrons. The van der Waals surface area contributed by atoms with Gasteiger partial charge in [0.1, 0.15) is 0 Å². The maximum atomic E-state index is 2.21. The van der Waals surface area contributed by atoms with Gasteiger partial charge in [-0.05, 0) is 24.0 Å².